The Kier molecular flexibility index (Phi) is 14.2. The average Bonchev–Trinajstić information content (AvgIpc) is 3.39. The van der Waals surface area contributed by atoms with Gasteiger partial charge in [-0.3, -0.25) is 0 Å². The summed E-state index contributed by atoms with van der Waals surface area (Å²) in [6, 6.07) is 0. The molecule has 8 heteroatoms. The molecule has 166 valence electrons. The van der Waals surface area contributed by atoms with Crippen molar-refractivity contribution in [3.8, 4) is 0 Å². The van der Waals surface area contributed by atoms with Crippen LogP contribution >= 0.6 is 0 Å². The Labute approximate surface area is 171 Å². The van der Waals surface area contributed by atoms with E-state index in [0.717, 1.165) is 38.4 Å². The molecule has 0 heterocycles. The first-order chi connectivity index (χ1) is 13.1. The van der Waals surface area contributed by atoms with Crippen molar-refractivity contribution < 1.29 is 22.7 Å². The smallest absolute Gasteiger partial charge is 0.405 e. The first kappa shape index (κ1) is 26.9. The summed E-state index contributed by atoms with van der Waals surface area (Å²) in [5.74, 6) is 0. The predicted octanol–water partition coefficient (Wildman–Crippen LogP) is 4.05. The van der Waals surface area contributed by atoms with Crippen LogP contribution in [-0.4, -0.2) is 38.2 Å². The lowest BCUT2D eigenvalue weighted by Crippen LogP contribution is -2.28. The van der Waals surface area contributed by atoms with Gasteiger partial charge in [-0.25, -0.2) is 17.9 Å². The van der Waals surface area contributed by atoms with E-state index >= 15 is 0 Å². The van der Waals surface area contributed by atoms with E-state index in [1.54, 1.807) is 20.8 Å². The maximum Gasteiger partial charge on any atom is 0.405 e. The van der Waals surface area contributed by atoms with Crippen molar-refractivity contribution in [2.75, 3.05) is 6.54 Å². The Morgan fingerprint density at radius 1 is 1.00 bits per heavy atom. The minimum Gasteiger partial charge on any atom is -0.444 e. The molecular weight excluding hydrogens is 380 g/mol. The fourth-order valence-corrected chi connectivity index (χ4v) is 4.02. The van der Waals surface area contributed by atoms with Crippen LogP contribution in [0.1, 0.15) is 97.8 Å². The molecule has 0 aromatic carbocycles. The van der Waals surface area contributed by atoms with E-state index in [-0.39, 0.29) is 5.25 Å². The van der Waals surface area contributed by atoms with Crippen LogP contribution in [0.15, 0.2) is 0 Å². The van der Waals surface area contributed by atoms with E-state index in [1.807, 2.05) is 0 Å². The van der Waals surface area contributed by atoms with Gasteiger partial charge in [-0.1, -0.05) is 44.9 Å². The summed E-state index contributed by atoms with van der Waals surface area (Å²) < 4.78 is 30.4. The van der Waals surface area contributed by atoms with Gasteiger partial charge in [0, 0.05) is 13.0 Å². The van der Waals surface area contributed by atoms with Crippen LogP contribution in [0.3, 0.4) is 0 Å². The Balaban J connectivity index is 0.000000769. The molecule has 1 aliphatic rings. The van der Waals surface area contributed by atoms with Crippen LogP contribution in [0.4, 0.5) is 4.79 Å². The van der Waals surface area contributed by atoms with Gasteiger partial charge in [0.1, 0.15) is 11.9 Å². The van der Waals surface area contributed by atoms with E-state index in [9.17, 15) is 18.0 Å². The number of primary amides is 1. The number of hydrogen-bond donors (Lipinski definition) is 2. The first-order valence-corrected chi connectivity index (χ1v) is 12.0. The maximum absolute atomic E-state index is 11.5. The van der Waals surface area contributed by atoms with E-state index in [4.69, 9.17) is 5.73 Å². The lowest BCUT2D eigenvalue weighted by atomic mass is 10.1. The molecule has 1 aliphatic carbocycles. The second kappa shape index (κ2) is 14.8. The molecule has 0 bridgehead atoms. The van der Waals surface area contributed by atoms with Crippen molar-refractivity contribution >= 4 is 22.4 Å². The molecule has 7 nitrogen and oxygen atoms in total. The topological polar surface area (TPSA) is 116 Å². The van der Waals surface area contributed by atoms with Gasteiger partial charge < -0.3 is 15.3 Å². The Bertz CT molecular complexity index is 525. The zero-order valence-corrected chi connectivity index (χ0v) is 18.7. The molecule has 0 aliphatic heterocycles. The summed E-state index contributed by atoms with van der Waals surface area (Å²) in [6.07, 6.45) is 13.1. The molecule has 1 amide bonds. The highest BCUT2D eigenvalue weighted by Gasteiger charge is 2.34. The lowest BCUT2D eigenvalue weighted by molar-refractivity contribution is -0.107. The predicted molar refractivity (Wildman–Crippen MR) is 113 cm³/mol. The Morgan fingerprint density at radius 3 is 1.82 bits per heavy atom. The van der Waals surface area contributed by atoms with Gasteiger partial charge >= 0.3 is 6.09 Å². The molecule has 1 fully saturated rings. The highest BCUT2D eigenvalue weighted by molar-refractivity contribution is 7.90. The number of ether oxygens (including phenoxy) is 1. The fourth-order valence-electron chi connectivity index (χ4n) is 2.60. The number of amides is 1. The molecule has 1 saturated carbocycles. The van der Waals surface area contributed by atoms with E-state index in [0.29, 0.717) is 13.0 Å². The number of carbonyl (C=O) groups excluding carboxylic acids is 2. The number of carbonyl (C=O) groups is 2. The van der Waals surface area contributed by atoms with Crippen molar-refractivity contribution in [1.29, 1.82) is 0 Å². The van der Waals surface area contributed by atoms with Gasteiger partial charge in [0.15, 0.2) is 0 Å². The average molecular weight is 421 g/mol. The number of aldehydes is 1. The molecule has 0 aromatic heterocycles. The fraction of sp³-hybridized carbons (Fsp3) is 0.900. The van der Waals surface area contributed by atoms with Crippen molar-refractivity contribution in [2.45, 2.75) is 109 Å². The van der Waals surface area contributed by atoms with Gasteiger partial charge in [-0.2, -0.15) is 0 Å². The van der Waals surface area contributed by atoms with Crippen LogP contribution in [-0.2, 0) is 19.6 Å². The van der Waals surface area contributed by atoms with Gasteiger partial charge in [-0.05, 0) is 46.5 Å². The van der Waals surface area contributed by atoms with Crippen molar-refractivity contribution in [3.05, 3.63) is 0 Å². The number of nitrogens with two attached hydrogens (primary N) is 1. The second-order valence-electron chi connectivity index (χ2n) is 8.31. The summed E-state index contributed by atoms with van der Waals surface area (Å²) in [5, 5.41) is -0.0956. The summed E-state index contributed by atoms with van der Waals surface area (Å²) in [6.45, 7) is 5.89. The van der Waals surface area contributed by atoms with Crippen LogP contribution in [0.25, 0.3) is 0 Å². The molecule has 0 unspecified atom stereocenters. The molecule has 28 heavy (non-hydrogen) atoms. The SMILES string of the molecule is CC(C)(C)OC(N)=O.O=CCCCCCCCCCCCNS(=O)(=O)C1CC1. The van der Waals surface area contributed by atoms with Crippen LogP contribution in [0.5, 0.6) is 0 Å². The Morgan fingerprint density at radius 2 is 1.46 bits per heavy atom. The molecule has 0 radical (unpaired) electrons. The third-order valence-corrected chi connectivity index (χ3v) is 6.13. The largest absolute Gasteiger partial charge is 0.444 e. The normalized spacial score (nSPS) is 14.1. The molecule has 0 aromatic rings. The van der Waals surface area contributed by atoms with Gasteiger partial charge in [0.2, 0.25) is 10.0 Å². The minimum absolute atomic E-state index is 0.0956. The number of unbranched alkanes of at least 4 members (excludes halogenated alkanes) is 9. The monoisotopic (exact) mass is 420 g/mol. The van der Waals surface area contributed by atoms with Gasteiger partial charge in [0.25, 0.3) is 0 Å². The molecule has 0 atom stereocenters. The number of nitrogens with one attached hydrogen (secondary N) is 1. The zero-order chi connectivity index (χ0) is 21.5. The van der Waals surface area contributed by atoms with E-state index in [2.05, 4.69) is 9.46 Å². The van der Waals surface area contributed by atoms with Crippen LogP contribution in [0.2, 0.25) is 0 Å². The highest BCUT2D eigenvalue weighted by atomic mass is 32.2. The standard InChI is InChI=1S/C15H29NO3S.C5H11NO2/c17-14-10-8-6-4-2-1-3-5-7-9-13-16-20(18,19)15-11-12-15;1-5(2,3)8-4(6)7/h14-16H,1-13H2;1-3H3,(H2,6,7). The van der Waals surface area contributed by atoms with Gasteiger partial charge in [-0.15, -0.1) is 0 Å². The van der Waals surface area contributed by atoms with Gasteiger partial charge in [0.05, 0.1) is 5.25 Å². The molecule has 0 spiro atoms. The zero-order valence-electron chi connectivity index (χ0n) is 17.9. The Hall–Kier alpha value is -1.15. The summed E-state index contributed by atoms with van der Waals surface area (Å²) >= 11 is 0. The number of sulfonamides is 1. The van der Waals surface area contributed by atoms with Crippen molar-refractivity contribution in [2.24, 2.45) is 5.73 Å². The number of hydrogen-bond acceptors (Lipinski definition) is 5. The van der Waals surface area contributed by atoms with Crippen LogP contribution in [0, 0.1) is 0 Å². The lowest BCUT2D eigenvalue weighted by Gasteiger charge is -2.16. The third-order valence-electron chi connectivity index (χ3n) is 4.17. The minimum atomic E-state index is -2.97. The maximum atomic E-state index is 11.5. The molecule has 1 rings (SSSR count). The molecular formula is C20H40N2O5S. The molecule has 0 saturated heterocycles. The first-order valence-electron chi connectivity index (χ1n) is 10.5. The second-order valence-corrected chi connectivity index (χ2v) is 10.4. The van der Waals surface area contributed by atoms with E-state index in [1.165, 1.54) is 38.5 Å². The number of rotatable bonds is 14. The summed E-state index contributed by atoms with van der Waals surface area (Å²) in [7, 11) is -2.97. The molecule has 3 N–H and O–H groups in total. The van der Waals surface area contributed by atoms with Crippen molar-refractivity contribution in [1.82, 2.24) is 4.72 Å². The van der Waals surface area contributed by atoms with Crippen molar-refractivity contribution in [3.63, 3.8) is 0 Å². The quantitative estimate of drug-likeness (QED) is 0.325. The third kappa shape index (κ3) is 18.2. The highest BCUT2D eigenvalue weighted by Crippen LogP contribution is 2.27. The summed E-state index contributed by atoms with van der Waals surface area (Å²) in [4.78, 5) is 20.1. The summed E-state index contributed by atoms with van der Waals surface area (Å²) in [5.41, 5.74) is 4.26. The van der Waals surface area contributed by atoms with E-state index < -0.39 is 21.7 Å². The van der Waals surface area contributed by atoms with Crippen LogP contribution < -0.4 is 10.5 Å².